The molecular formula is C9H14N2. The molecule has 1 heterocycles. The van der Waals surface area contributed by atoms with Gasteiger partial charge >= 0.3 is 0 Å². The molecule has 0 saturated heterocycles. The van der Waals surface area contributed by atoms with Crippen LogP contribution in [-0.2, 0) is 0 Å². The van der Waals surface area contributed by atoms with E-state index in [4.69, 9.17) is 0 Å². The molecule has 1 N–H and O–H groups in total. The lowest BCUT2D eigenvalue weighted by atomic mass is 10.2. The second-order valence-corrected chi connectivity index (χ2v) is 2.67. The maximum atomic E-state index is 3.59. The van der Waals surface area contributed by atoms with E-state index in [2.05, 4.69) is 42.1 Å². The Hall–Kier alpha value is -1.18. The van der Waals surface area contributed by atoms with Crippen molar-refractivity contribution in [3.63, 3.8) is 0 Å². The Kier molecular flexibility index (Phi) is 2.78. The van der Waals surface area contributed by atoms with Gasteiger partial charge in [0, 0.05) is 12.7 Å². The van der Waals surface area contributed by atoms with Crippen molar-refractivity contribution in [2.75, 3.05) is 13.2 Å². The van der Waals surface area contributed by atoms with Crippen molar-refractivity contribution in [1.82, 2.24) is 10.2 Å². The number of nitrogens with zero attached hydrogens (tertiary/aromatic N) is 1. The second kappa shape index (κ2) is 3.86. The molecule has 0 aromatic heterocycles. The first-order valence-electron chi connectivity index (χ1n) is 3.75. The highest BCUT2D eigenvalue weighted by atomic mass is 15.2. The molecule has 0 fully saturated rings. The van der Waals surface area contributed by atoms with Crippen LogP contribution in [-0.4, -0.2) is 18.1 Å². The minimum atomic E-state index is 0.838. The van der Waals surface area contributed by atoms with Crippen LogP contribution in [0, 0.1) is 0 Å². The number of nitrogens with one attached hydrogen (secondary N) is 1. The van der Waals surface area contributed by atoms with Crippen LogP contribution < -0.4 is 5.32 Å². The van der Waals surface area contributed by atoms with Gasteiger partial charge in [0.05, 0.1) is 6.67 Å². The van der Waals surface area contributed by atoms with Crippen LogP contribution in [0.5, 0.6) is 0 Å². The van der Waals surface area contributed by atoms with Gasteiger partial charge in [-0.05, 0) is 19.2 Å². The average Bonchev–Trinajstić information content (AvgIpc) is 2.01. The van der Waals surface area contributed by atoms with Gasteiger partial charge in [0.1, 0.15) is 0 Å². The zero-order valence-corrected chi connectivity index (χ0v) is 6.88. The fraction of sp³-hybridized carbons (Fsp3) is 0.333. The maximum absolute atomic E-state index is 3.59. The van der Waals surface area contributed by atoms with E-state index >= 15 is 0 Å². The summed E-state index contributed by atoms with van der Waals surface area (Å²) in [4.78, 5) is 2.19. The monoisotopic (exact) mass is 150 g/mol. The van der Waals surface area contributed by atoms with Crippen molar-refractivity contribution < 1.29 is 0 Å². The van der Waals surface area contributed by atoms with Crippen LogP contribution in [0.3, 0.4) is 0 Å². The van der Waals surface area contributed by atoms with E-state index in [1.807, 2.05) is 0 Å². The maximum Gasteiger partial charge on any atom is 0.0869 e. The van der Waals surface area contributed by atoms with Crippen molar-refractivity contribution in [2.24, 2.45) is 0 Å². The lowest BCUT2D eigenvalue weighted by molar-refractivity contribution is 0.387. The fourth-order valence-corrected chi connectivity index (χ4v) is 1.05. The first-order valence-corrected chi connectivity index (χ1v) is 3.75. The molecule has 0 bridgehead atoms. The van der Waals surface area contributed by atoms with Gasteiger partial charge in [-0.3, -0.25) is 0 Å². The molecular weight excluding hydrogens is 136 g/mol. The van der Waals surface area contributed by atoms with Crippen molar-refractivity contribution in [1.29, 1.82) is 0 Å². The first kappa shape index (κ1) is 7.92. The topological polar surface area (TPSA) is 15.3 Å². The van der Waals surface area contributed by atoms with E-state index in [-0.39, 0.29) is 0 Å². The minimum Gasteiger partial charge on any atom is -0.374 e. The van der Waals surface area contributed by atoms with Crippen LogP contribution in [0.15, 0.2) is 36.7 Å². The molecule has 0 unspecified atom stereocenters. The second-order valence-electron chi connectivity index (χ2n) is 2.67. The van der Waals surface area contributed by atoms with Gasteiger partial charge in [-0.1, -0.05) is 18.2 Å². The van der Waals surface area contributed by atoms with E-state index in [9.17, 15) is 0 Å². The third-order valence-corrected chi connectivity index (χ3v) is 1.57. The van der Waals surface area contributed by atoms with Crippen molar-refractivity contribution in [3.8, 4) is 0 Å². The normalized spacial score (nSPS) is 16.1. The molecule has 0 radical (unpaired) electrons. The molecule has 0 atom stereocenters. The third kappa shape index (κ3) is 2.50. The number of allylic oxidation sites excluding steroid dienone is 2. The Labute approximate surface area is 67.9 Å². The molecule has 2 nitrogen and oxygen atoms in total. The summed E-state index contributed by atoms with van der Waals surface area (Å²) < 4.78 is 0. The Morgan fingerprint density at radius 2 is 2.64 bits per heavy atom. The molecule has 1 rings (SSSR count). The summed E-state index contributed by atoms with van der Waals surface area (Å²) in [7, 11) is 0. The summed E-state index contributed by atoms with van der Waals surface area (Å²) in [5.41, 5.74) is 1.39. The number of hydrogen-bond donors (Lipinski definition) is 1. The molecule has 1 aliphatic rings. The minimum absolute atomic E-state index is 0.838. The summed E-state index contributed by atoms with van der Waals surface area (Å²) in [6.45, 7) is 7.57. The highest BCUT2D eigenvalue weighted by molar-refractivity contribution is 5.16. The summed E-state index contributed by atoms with van der Waals surface area (Å²) in [5, 5.41) is 3.05. The zero-order chi connectivity index (χ0) is 8.10. The summed E-state index contributed by atoms with van der Waals surface area (Å²) in [6.07, 6.45) is 7.97. The Bertz CT molecular complexity index is 192. The Morgan fingerprint density at radius 3 is 3.27 bits per heavy atom. The van der Waals surface area contributed by atoms with Crippen LogP contribution >= 0.6 is 0 Å². The van der Waals surface area contributed by atoms with E-state index in [1.54, 1.807) is 6.20 Å². The Balaban J connectivity index is 2.33. The predicted octanol–water partition coefficient (Wildman–Crippen LogP) is 1.45. The standard InChI is InChI=1S/C9H14N2/c1-3-10-8-11-6-4-5-9(2)7-11/h3-6,10H,1,7-8H2,2H3. The van der Waals surface area contributed by atoms with Crippen LogP contribution in [0.2, 0.25) is 0 Å². The van der Waals surface area contributed by atoms with E-state index in [0.29, 0.717) is 0 Å². The number of rotatable bonds is 3. The zero-order valence-electron chi connectivity index (χ0n) is 6.88. The highest BCUT2D eigenvalue weighted by Crippen LogP contribution is 2.04. The van der Waals surface area contributed by atoms with Crippen LogP contribution in [0.1, 0.15) is 6.92 Å². The van der Waals surface area contributed by atoms with Gasteiger partial charge in [0.25, 0.3) is 0 Å². The van der Waals surface area contributed by atoms with Crippen molar-refractivity contribution in [3.05, 3.63) is 36.7 Å². The summed E-state index contributed by atoms with van der Waals surface area (Å²) >= 11 is 0. The molecule has 60 valence electrons. The largest absolute Gasteiger partial charge is 0.374 e. The van der Waals surface area contributed by atoms with Crippen molar-refractivity contribution in [2.45, 2.75) is 6.92 Å². The lowest BCUT2D eigenvalue weighted by Gasteiger charge is -2.22. The highest BCUT2D eigenvalue weighted by Gasteiger charge is 2.00. The molecule has 0 aromatic rings. The average molecular weight is 150 g/mol. The number of hydrogen-bond acceptors (Lipinski definition) is 2. The van der Waals surface area contributed by atoms with Gasteiger partial charge in [-0.25, -0.2) is 0 Å². The van der Waals surface area contributed by atoms with Gasteiger partial charge in [-0.2, -0.15) is 0 Å². The molecule has 11 heavy (non-hydrogen) atoms. The third-order valence-electron chi connectivity index (χ3n) is 1.57. The quantitative estimate of drug-likeness (QED) is 0.655. The Morgan fingerprint density at radius 1 is 1.82 bits per heavy atom. The first-order chi connectivity index (χ1) is 5.33. The van der Waals surface area contributed by atoms with E-state index in [1.165, 1.54) is 5.57 Å². The van der Waals surface area contributed by atoms with E-state index in [0.717, 1.165) is 13.2 Å². The summed E-state index contributed by atoms with van der Waals surface area (Å²) in [6, 6.07) is 0. The molecule has 0 aliphatic carbocycles. The molecule has 0 aromatic carbocycles. The summed E-state index contributed by atoms with van der Waals surface area (Å²) in [5.74, 6) is 0. The lowest BCUT2D eigenvalue weighted by Crippen LogP contribution is -2.29. The van der Waals surface area contributed by atoms with Gasteiger partial charge in [-0.15, -0.1) is 0 Å². The molecule has 1 aliphatic heterocycles. The molecule has 2 heteroatoms. The van der Waals surface area contributed by atoms with Gasteiger partial charge < -0.3 is 10.2 Å². The van der Waals surface area contributed by atoms with Crippen LogP contribution in [0.25, 0.3) is 0 Å². The smallest absolute Gasteiger partial charge is 0.0869 e. The molecule has 0 saturated carbocycles. The molecule has 0 amide bonds. The predicted molar refractivity (Wildman–Crippen MR) is 47.8 cm³/mol. The van der Waals surface area contributed by atoms with Crippen molar-refractivity contribution >= 4 is 0 Å². The SMILES string of the molecule is C=CNCN1C=CC=C(C)C1. The van der Waals surface area contributed by atoms with Crippen LogP contribution in [0.4, 0.5) is 0 Å². The van der Waals surface area contributed by atoms with E-state index < -0.39 is 0 Å². The molecule has 0 spiro atoms. The van der Waals surface area contributed by atoms with Gasteiger partial charge in [0.2, 0.25) is 0 Å². The van der Waals surface area contributed by atoms with Gasteiger partial charge in [0.15, 0.2) is 0 Å². The fourth-order valence-electron chi connectivity index (χ4n) is 1.05.